The highest BCUT2D eigenvalue weighted by Gasteiger charge is 2.28. The number of piperazine rings is 1. The second-order valence-electron chi connectivity index (χ2n) is 6.51. The summed E-state index contributed by atoms with van der Waals surface area (Å²) >= 11 is 0. The van der Waals surface area contributed by atoms with Gasteiger partial charge >= 0.3 is 0 Å². The molecule has 2 heterocycles. The third-order valence-electron chi connectivity index (χ3n) is 4.64. The maximum Gasteiger partial charge on any atom is 0.243 e. The Labute approximate surface area is 158 Å². The van der Waals surface area contributed by atoms with Gasteiger partial charge < -0.3 is 9.80 Å². The lowest BCUT2D eigenvalue weighted by Crippen LogP contribution is -2.52. The molecule has 0 bridgehead atoms. The average molecular weight is 390 g/mol. The molecular formula is C18H22N4O4S. The van der Waals surface area contributed by atoms with Crippen molar-refractivity contribution >= 4 is 38.4 Å². The Morgan fingerprint density at radius 3 is 2.33 bits per heavy atom. The molecule has 0 N–H and O–H groups in total. The molecule has 1 saturated heterocycles. The van der Waals surface area contributed by atoms with E-state index >= 15 is 0 Å². The maximum absolute atomic E-state index is 12.7. The number of carbonyl (C=O) groups excluding carboxylic acids is 2. The lowest BCUT2D eigenvalue weighted by atomic mass is 10.2. The van der Waals surface area contributed by atoms with Crippen molar-refractivity contribution in [2.24, 2.45) is 0 Å². The molecule has 1 aromatic heterocycles. The maximum atomic E-state index is 12.7. The van der Waals surface area contributed by atoms with Crippen molar-refractivity contribution in [2.45, 2.75) is 6.92 Å². The molecule has 2 amide bonds. The van der Waals surface area contributed by atoms with Gasteiger partial charge in [0.05, 0.1) is 17.5 Å². The molecule has 1 aliphatic rings. The summed E-state index contributed by atoms with van der Waals surface area (Å²) in [5, 5.41) is 0.797. The molecule has 0 radical (unpaired) electrons. The summed E-state index contributed by atoms with van der Waals surface area (Å²) < 4.78 is 25.9. The largest absolute Gasteiger partial charge is 0.339 e. The van der Waals surface area contributed by atoms with Gasteiger partial charge in [-0.1, -0.05) is 18.2 Å². The fourth-order valence-electron chi connectivity index (χ4n) is 3.16. The van der Waals surface area contributed by atoms with E-state index in [1.54, 1.807) is 34.2 Å². The minimum atomic E-state index is -3.69. The summed E-state index contributed by atoms with van der Waals surface area (Å²) in [4.78, 5) is 31.7. The lowest BCUT2D eigenvalue weighted by Gasteiger charge is -2.35. The van der Waals surface area contributed by atoms with Crippen LogP contribution < -0.4 is 4.31 Å². The van der Waals surface area contributed by atoms with Crippen LogP contribution in [-0.2, 0) is 19.6 Å². The SMILES string of the molecule is CC(=O)N1CCN(C(=O)CN(c2cccc3cccnc23)S(C)(=O)=O)CC1. The van der Waals surface area contributed by atoms with Crippen LogP contribution in [0, 0.1) is 0 Å². The zero-order valence-electron chi connectivity index (χ0n) is 15.3. The first-order chi connectivity index (χ1) is 12.8. The molecule has 0 unspecified atom stereocenters. The predicted molar refractivity (Wildman–Crippen MR) is 103 cm³/mol. The number of hydrogen-bond acceptors (Lipinski definition) is 5. The fourth-order valence-corrected chi connectivity index (χ4v) is 4.01. The molecule has 144 valence electrons. The van der Waals surface area contributed by atoms with Crippen LogP contribution in [0.4, 0.5) is 5.69 Å². The van der Waals surface area contributed by atoms with Gasteiger partial charge in [-0.25, -0.2) is 8.42 Å². The molecule has 0 spiro atoms. The Hall–Kier alpha value is -2.68. The van der Waals surface area contributed by atoms with Gasteiger partial charge in [-0.05, 0) is 12.1 Å². The van der Waals surface area contributed by atoms with Crippen molar-refractivity contribution in [3.8, 4) is 0 Å². The number of pyridine rings is 1. The molecule has 8 nitrogen and oxygen atoms in total. The first-order valence-electron chi connectivity index (χ1n) is 8.62. The zero-order valence-corrected chi connectivity index (χ0v) is 16.1. The van der Waals surface area contributed by atoms with Crippen LogP contribution in [0.1, 0.15) is 6.92 Å². The third-order valence-corrected chi connectivity index (χ3v) is 5.76. The topological polar surface area (TPSA) is 90.9 Å². The van der Waals surface area contributed by atoms with E-state index in [1.807, 2.05) is 12.1 Å². The van der Waals surface area contributed by atoms with Crippen molar-refractivity contribution < 1.29 is 18.0 Å². The second-order valence-corrected chi connectivity index (χ2v) is 8.42. The van der Waals surface area contributed by atoms with Gasteiger partial charge in [-0.15, -0.1) is 0 Å². The standard InChI is InChI=1S/C18H22N4O4S/c1-14(23)20-9-11-21(12-10-20)17(24)13-22(27(2,25)26)16-7-3-5-15-6-4-8-19-18(15)16/h3-8H,9-13H2,1-2H3. The quantitative estimate of drug-likeness (QED) is 0.766. The van der Waals surface area contributed by atoms with E-state index in [0.29, 0.717) is 37.4 Å². The molecule has 1 fully saturated rings. The lowest BCUT2D eigenvalue weighted by molar-refractivity contribution is -0.137. The number of carbonyl (C=O) groups is 2. The number of nitrogens with zero attached hydrogens (tertiary/aromatic N) is 4. The van der Waals surface area contributed by atoms with E-state index in [2.05, 4.69) is 4.98 Å². The number of para-hydroxylation sites is 1. The van der Waals surface area contributed by atoms with Crippen LogP contribution in [0.2, 0.25) is 0 Å². The molecule has 9 heteroatoms. The third kappa shape index (κ3) is 4.19. The Morgan fingerprint density at radius 1 is 1.07 bits per heavy atom. The minimum Gasteiger partial charge on any atom is -0.339 e. The number of hydrogen-bond donors (Lipinski definition) is 0. The van der Waals surface area contributed by atoms with E-state index < -0.39 is 10.0 Å². The number of sulfonamides is 1. The van der Waals surface area contributed by atoms with Crippen LogP contribution in [0.25, 0.3) is 10.9 Å². The number of rotatable bonds is 4. The number of fused-ring (bicyclic) bond motifs is 1. The number of aromatic nitrogens is 1. The highest BCUT2D eigenvalue weighted by atomic mass is 32.2. The first kappa shape index (κ1) is 19.1. The van der Waals surface area contributed by atoms with Gasteiger partial charge in [0.25, 0.3) is 0 Å². The van der Waals surface area contributed by atoms with Gasteiger partial charge in [0.15, 0.2) is 0 Å². The Morgan fingerprint density at radius 2 is 1.70 bits per heavy atom. The van der Waals surface area contributed by atoms with Crippen LogP contribution in [0.15, 0.2) is 36.5 Å². The molecule has 0 atom stereocenters. The Bertz CT molecular complexity index is 963. The van der Waals surface area contributed by atoms with Gasteiger partial charge in [0, 0.05) is 44.7 Å². The normalized spacial score (nSPS) is 15.0. The second kappa shape index (κ2) is 7.51. The van der Waals surface area contributed by atoms with Crippen molar-refractivity contribution in [2.75, 3.05) is 43.3 Å². The van der Waals surface area contributed by atoms with Gasteiger partial charge in [0.2, 0.25) is 21.8 Å². The molecule has 1 aromatic carbocycles. The highest BCUT2D eigenvalue weighted by Crippen LogP contribution is 2.26. The summed E-state index contributed by atoms with van der Waals surface area (Å²) in [6, 6.07) is 8.85. The fraction of sp³-hybridized carbons (Fsp3) is 0.389. The number of anilines is 1. The molecule has 3 rings (SSSR count). The highest BCUT2D eigenvalue weighted by molar-refractivity contribution is 7.92. The van der Waals surface area contributed by atoms with Crippen molar-refractivity contribution in [3.05, 3.63) is 36.5 Å². The van der Waals surface area contributed by atoms with Crippen LogP contribution in [0.3, 0.4) is 0 Å². The minimum absolute atomic E-state index is 0.0262. The van der Waals surface area contributed by atoms with Crippen molar-refractivity contribution in [1.82, 2.24) is 14.8 Å². The van der Waals surface area contributed by atoms with Gasteiger partial charge in [-0.3, -0.25) is 18.9 Å². The van der Waals surface area contributed by atoms with Gasteiger partial charge in [0.1, 0.15) is 6.54 Å². The molecule has 27 heavy (non-hydrogen) atoms. The van der Waals surface area contributed by atoms with Crippen molar-refractivity contribution in [1.29, 1.82) is 0 Å². The molecule has 0 saturated carbocycles. The van der Waals surface area contributed by atoms with Crippen LogP contribution in [0.5, 0.6) is 0 Å². The Kier molecular flexibility index (Phi) is 5.31. The number of benzene rings is 1. The van der Waals surface area contributed by atoms with E-state index in [0.717, 1.165) is 15.9 Å². The molecular weight excluding hydrogens is 368 g/mol. The molecule has 1 aliphatic heterocycles. The summed E-state index contributed by atoms with van der Waals surface area (Å²) in [5.74, 6) is -0.321. The average Bonchev–Trinajstić information content (AvgIpc) is 2.64. The summed E-state index contributed by atoms with van der Waals surface area (Å²) in [6.45, 7) is 2.89. The van der Waals surface area contributed by atoms with E-state index in [1.165, 1.54) is 6.92 Å². The smallest absolute Gasteiger partial charge is 0.243 e. The number of amides is 2. The molecule has 0 aliphatic carbocycles. The summed E-state index contributed by atoms with van der Waals surface area (Å²) in [7, 11) is -3.69. The zero-order chi connectivity index (χ0) is 19.6. The monoisotopic (exact) mass is 390 g/mol. The summed E-state index contributed by atoms with van der Waals surface area (Å²) in [6.07, 6.45) is 2.67. The Balaban J connectivity index is 1.85. The van der Waals surface area contributed by atoms with E-state index in [-0.39, 0.29) is 18.4 Å². The summed E-state index contributed by atoms with van der Waals surface area (Å²) in [5.41, 5.74) is 0.908. The first-order valence-corrected chi connectivity index (χ1v) is 10.5. The van der Waals surface area contributed by atoms with E-state index in [4.69, 9.17) is 0 Å². The van der Waals surface area contributed by atoms with Crippen molar-refractivity contribution in [3.63, 3.8) is 0 Å². The predicted octanol–water partition coefficient (Wildman–Crippen LogP) is 0.691. The van der Waals surface area contributed by atoms with Crippen LogP contribution >= 0.6 is 0 Å². The van der Waals surface area contributed by atoms with Crippen LogP contribution in [-0.4, -0.2) is 74.0 Å². The molecule has 2 aromatic rings. The van der Waals surface area contributed by atoms with Gasteiger partial charge in [-0.2, -0.15) is 0 Å². The van der Waals surface area contributed by atoms with E-state index in [9.17, 15) is 18.0 Å².